The highest BCUT2D eigenvalue weighted by Crippen LogP contribution is 2.29. The summed E-state index contributed by atoms with van der Waals surface area (Å²) in [4.78, 5) is 28.3. The second kappa shape index (κ2) is 6.24. The molecule has 0 spiro atoms. The SMILES string of the molecule is Cc1ccc2c(c1)CCCN2C(=O)c1ccc(N2CCNC2=O)cc1. The Morgan fingerprint density at radius 1 is 1.08 bits per heavy atom. The Morgan fingerprint density at radius 2 is 1.88 bits per heavy atom. The molecule has 0 radical (unpaired) electrons. The third kappa shape index (κ3) is 2.86. The summed E-state index contributed by atoms with van der Waals surface area (Å²) >= 11 is 0. The van der Waals surface area contributed by atoms with Crippen LogP contribution in [0.1, 0.15) is 27.9 Å². The van der Waals surface area contributed by atoms with Crippen LogP contribution >= 0.6 is 0 Å². The number of carbonyl (C=O) groups is 2. The molecule has 2 aliphatic heterocycles. The van der Waals surface area contributed by atoms with E-state index in [1.54, 1.807) is 4.90 Å². The highest BCUT2D eigenvalue weighted by molar-refractivity contribution is 6.07. The lowest BCUT2D eigenvalue weighted by molar-refractivity contribution is 0.0985. The van der Waals surface area contributed by atoms with E-state index in [1.807, 2.05) is 35.2 Å². The van der Waals surface area contributed by atoms with Crippen molar-refractivity contribution in [3.63, 3.8) is 0 Å². The van der Waals surface area contributed by atoms with E-state index in [9.17, 15) is 9.59 Å². The molecule has 2 aromatic carbocycles. The number of fused-ring (bicyclic) bond motifs is 1. The van der Waals surface area contributed by atoms with Crippen LogP contribution in [0.3, 0.4) is 0 Å². The molecule has 2 aromatic rings. The van der Waals surface area contributed by atoms with Crippen LogP contribution in [0.25, 0.3) is 0 Å². The molecular formula is C20H21N3O2. The molecular weight excluding hydrogens is 314 g/mol. The van der Waals surface area contributed by atoms with Gasteiger partial charge in [-0.25, -0.2) is 4.79 Å². The summed E-state index contributed by atoms with van der Waals surface area (Å²) in [6, 6.07) is 13.5. The molecule has 3 amide bonds. The van der Waals surface area contributed by atoms with Gasteiger partial charge in [-0.15, -0.1) is 0 Å². The number of anilines is 2. The second-order valence-corrected chi connectivity index (χ2v) is 6.62. The molecule has 25 heavy (non-hydrogen) atoms. The molecule has 0 atom stereocenters. The van der Waals surface area contributed by atoms with Gasteiger partial charge in [0, 0.05) is 36.6 Å². The van der Waals surface area contributed by atoms with Gasteiger partial charge < -0.3 is 10.2 Å². The van der Waals surface area contributed by atoms with Gasteiger partial charge in [0.05, 0.1) is 0 Å². The van der Waals surface area contributed by atoms with Crippen molar-refractivity contribution in [2.75, 3.05) is 29.4 Å². The highest BCUT2D eigenvalue weighted by atomic mass is 16.2. The molecule has 2 aliphatic rings. The molecule has 5 nitrogen and oxygen atoms in total. The van der Waals surface area contributed by atoms with Crippen LogP contribution in [-0.4, -0.2) is 31.6 Å². The fourth-order valence-electron chi connectivity index (χ4n) is 3.59. The maximum absolute atomic E-state index is 13.0. The monoisotopic (exact) mass is 335 g/mol. The van der Waals surface area contributed by atoms with E-state index in [1.165, 1.54) is 11.1 Å². The van der Waals surface area contributed by atoms with Crippen LogP contribution < -0.4 is 15.1 Å². The lowest BCUT2D eigenvalue weighted by Gasteiger charge is -2.30. The molecule has 0 aliphatic carbocycles. The van der Waals surface area contributed by atoms with Gasteiger partial charge in [0.2, 0.25) is 0 Å². The summed E-state index contributed by atoms with van der Waals surface area (Å²) in [6.45, 7) is 4.13. The van der Waals surface area contributed by atoms with Crippen molar-refractivity contribution < 1.29 is 9.59 Å². The van der Waals surface area contributed by atoms with Crippen LogP contribution in [0.4, 0.5) is 16.2 Å². The fourth-order valence-corrected chi connectivity index (χ4v) is 3.59. The molecule has 128 valence electrons. The molecule has 4 rings (SSSR count). The first-order valence-corrected chi connectivity index (χ1v) is 8.70. The minimum Gasteiger partial charge on any atom is -0.336 e. The predicted octanol–water partition coefficient (Wildman–Crippen LogP) is 3.12. The van der Waals surface area contributed by atoms with E-state index >= 15 is 0 Å². The number of aryl methyl sites for hydroxylation is 2. The lowest BCUT2D eigenvalue weighted by Crippen LogP contribution is -2.35. The molecule has 1 fully saturated rings. The minimum absolute atomic E-state index is 0.0160. The quantitative estimate of drug-likeness (QED) is 0.917. The van der Waals surface area contributed by atoms with Crippen molar-refractivity contribution in [3.8, 4) is 0 Å². The van der Waals surface area contributed by atoms with E-state index in [-0.39, 0.29) is 11.9 Å². The summed E-state index contributed by atoms with van der Waals surface area (Å²) < 4.78 is 0. The van der Waals surface area contributed by atoms with Crippen molar-refractivity contribution in [2.45, 2.75) is 19.8 Å². The van der Waals surface area contributed by atoms with E-state index in [2.05, 4.69) is 24.4 Å². The van der Waals surface area contributed by atoms with Gasteiger partial charge in [-0.3, -0.25) is 9.69 Å². The molecule has 0 aromatic heterocycles. The van der Waals surface area contributed by atoms with Crippen LogP contribution in [0.15, 0.2) is 42.5 Å². The summed E-state index contributed by atoms with van der Waals surface area (Å²) in [5.41, 5.74) is 4.95. The maximum atomic E-state index is 13.0. The normalized spacial score (nSPS) is 16.6. The van der Waals surface area contributed by atoms with Crippen molar-refractivity contribution >= 4 is 23.3 Å². The average Bonchev–Trinajstić information content (AvgIpc) is 3.06. The largest absolute Gasteiger partial charge is 0.336 e. The van der Waals surface area contributed by atoms with E-state index in [4.69, 9.17) is 0 Å². The minimum atomic E-state index is -0.0839. The van der Waals surface area contributed by atoms with E-state index in [0.29, 0.717) is 18.7 Å². The van der Waals surface area contributed by atoms with E-state index < -0.39 is 0 Å². The van der Waals surface area contributed by atoms with Gasteiger partial charge >= 0.3 is 6.03 Å². The van der Waals surface area contributed by atoms with Crippen molar-refractivity contribution in [1.29, 1.82) is 0 Å². The Hall–Kier alpha value is -2.82. The second-order valence-electron chi connectivity index (χ2n) is 6.62. The Bertz CT molecular complexity index is 829. The van der Waals surface area contributed by atoms with Crippen LogP contribution in [0, 0.1) is 6.92 Å². The standard InChI is InChI=1S/C20H21N3O2/c1-14-4-9-18-16(13-14)3-2-11-23(18)19(24)15-5-7-17(8-6-15)22-12-10-21-20(22)25/h4-9,13H,2-3,10-12H2,1H3,(H,21,25). The summed E-state index contributed by atoms with van der Waals surface area (Å²) in [5, 5.41) is 2.78. The maximum Gasteiger partial charge on any atom is 0.321 e. The lowest BCUT2D eigenvalue weighted by atomic mass is 9.99. The van der Waals surface area contributed by atoms with Crippen molar-refractivity contribution in [3.05, 3.63) is 59.2 Å². The van der Waals surface area contributed by atoms with Gasteiger partial charge in [-0.1, -0.05) is 17.7 Å². The Labute approximate surface area is 147 Å². The Morgan fingerprint density at radius 3 is 2.60 bits per heavy atom. The Kier molecular flexibility index (Phi) is 3.92. The molecule has 1 saturated heterocycles. The number of nitrogens with zero attached hydrogens (tertiary/aromatic N) is 2. The highest BCUT2D eigenvalue weighted by Gasteiger charge is 2.25. The van der Waals surface area contributed by atoms with Crippen molar-refractivity contribution in [2.24, 2.45) is 0 Å². The molecule has 0 saturated carbocycles. The molecule has 1 N–H and O–H groups in total. The van der Waals surface area contributed by atoms with Crippen LogP contribution in [-0.2, 0) is 6.42 Å². The first-order chi connectivity index (χ1) is 12.1. The molecule has 0 unspecified atom stereocenters. The zero-order valence-corrected chi connectivity index (χ0v) is 14.3. The zero-order chi connectivity index (χ0) is 17.4. The number of carbonyl (C=O) groups excluding carboxylic acids is 2. The summed E-state index contributed by atoms with van der Waals surface area (Å²) in [5.74, 6) is 0.0160. The van der Waals surface area contributed by atoms with Crippen LogP contribution in [0.5, 0.6) is 0 Å². The smallest absolute Gasteiger partial charge is 0.321 e. The number of hydrogen-bond donors (Lipinski definition) is 1. The van der Waals surface area contributed by atoms with Gasteiger partial charge in [0.15, 0.2) is 0 Å². The fraction of sp³-hybridized carbons (Fsp3) is 0.300. The van der Waals surface area contributed by atoms with E-state index in [0.717, 1.165) is 30.8 Å². The summed E-state index contributed by atoms with van der Waals surface area (Å²) in [7, 11) is 0. The molecule has 0 bridgehead atoms. The first kappa shape index (κ1) is 15.7. The van der Waals surface area contributed by atoms with Gasteiger partial charge in [0.25, 0.3) is 5.91 Å². The summed E-state index contributed by atoms with van der Waals surface area (Å²) in [6.07, 6.45) is 2.00. The number of urea groups is 1. The van der Waals surface area contributed by atoms with Gasteiger partial charge in [-0.2, -0.15) is 0 Å². The molecule has 5 heteroatoms. The van der Waals surface area contributed by atoms with Gasteiger partial charge in [-0.05, 0) is 55.7 Å². The van der Waals surface area contributed by atoms with Crippen LogP contribution in [0.2, 0.25) is 0 Å². The third-order valence-corrected chi connectivity index (χ3v) is 4.88. The van der Waals surface area contributed by atoms with Crippen molar-refractivity contribution in [1.82, 2.24) is 5.32 Å². The zero-order valence-electron chi connectivity index (χ0n) is 14.3. The third-order valence-electron chi connectivity index (χ3n) is 4.88. The number of amides is 3. The number of rotatable bonds is 2. The first-order valence-electron chi connectivity index (χ1n) is 8.70. The number of nitrogens with one attached hydrogen (secondary N) is 1. The Balaban J connectivity index is 1.59. The average molecular weight is 335 g/mol. The number of benzene rings is 2. The van der Waals surface area contributed by atoms with Gasteiger partial charge in [0.1, 0.15) is 0 Å². The predicted molar refractivity (Wildman–Crippen MR) is 98.4 cm³/mol. The molecule has 2 heterocycles. The number of hydrogen-bond acceptors (Lipinski definition) is 2. The topological polar surface area (TPSA) is 52.7 Å².